The van der Waals surface area contributed by atoms with Gasteiger partial charge in [-0.1, -0.05) is 9.64 Å². The fraction of sp³-hybridized carbons (Fsp3) is 0.250. The van der Waals surface area contributed by atoms with Crippen LogP contribution in [-0.2, 0) is 0 Å². The van der Waals surface area contributed by atoms with Crippen molar-refractivity contribution in [3.05, 3.63) is 11.1 Å². The molecule has 1 N–H and O–H groups in total. The second-order valence-electron chi connectivity index (χ2n) is 1.48. The summed E-state index contributed by atoms with van der Waals surface area (Å²) in [4.78, 5) is 0. The molecule has 0 spiro atoms. The SMILES string of the molecule is CC(=NO)c1csnn1. The van der Waals surface area contributed by atoms with E-state index >= 15 is 0 Å². The number of rotatable bonds is 1. The van der Waals surface area contributed by atoms with Gasteiger partial charge in [-0.2, -0.15) is 0 Å². The van der Waals surface area contributed by atoms with Crippen LogP contribution in [0.5, 0.6) is 0 Å². The smallest absolute Gasteiger partial charge is 0.123 e. The Morgan fingerprint density at radius 1 is 1.89 bits per heavy atom. The summed E-state index contributed by atoms with van der Waals surface area (Å²) < 4.78 is 3.59. The van der Waals surface area contributed by atoms with Crippen LogP contribution in [0.25, 0.3) is 0 Å². The molecule has 4 nitrogen and oxygen atoms in total. The van der Waals surface area contributed by atoms with Gasteiger partial charge in [0.15, 0.2) is 0 Å². The van der Waals surface area contributed by atoms with Gasteiger partial charge in [-0.05, 0) is 18.5 Å². The van der Waals surface area contributed by atoms with Gasteiger partial charge >= 0.3 is 0 Å². The summed E-state index contributed by atoms with van der Waals surface area (Å²) in [5.41, 5.74) is 1.12. The molecule has 0 radical (unpaired) electrons. The van der Waals surface area contributed by atoms with Crippen molar-refractivity contribution < 1.29 is 5.21 Å². The van der Waals surface area contributed by atoms with Crippen LogP contribution in [0.2, 0.25) is 0 Å². The van der Waals surface area contributed by atoms with Crippen molar-refractivity contribution in [1.29, 1.82) is 0 Å². The molecule has 0 atom stereocenters. The predicted molar refractivity (Wildman–Crippen MR) is 33.9 cm³/mol. The summed E-state index contributed by atoms with van der Waals surface area (Å²) in [6.45, 7) is 1.66. The number of oxime groups is 1. The summed E-state index contributed by atoms with van der Waals surface area (Å²) in [5.74, 6) is 0. The van der Waals surface area contributed by atoms with Gasteiger partial charge in [0.1, 0.15) is 11.4 Å². The van der Waals surface area contributed by atoms with Gasteiger partial charge in [0.25, 0.3) is 0 Å². The molecule has 0 amide bonds. The van der Waals surface area contributed by atoms with Crippen LogP contribution in [0.1, 0.15) is 12.6 Å². The molecule has 0 saturated carbocycles. The quantitative estimate of drug-likeness (QED) is 0.358. The lowest BCUT2D eigenvalue weighted by Gasteiger charge is -1.84. The molecule has 0 unspecified atom stereocenters. The Morgan fingerprint density at radius 2 is 2.67 bits per heavy atom. The summed E-state index contributed by atoms with van der Waals surface area (Å²) >= 11 is 1.23. The van der Waals surface area contributed by atoms with Crippen molar-refractivity contribution in [3.63, 3.8) is 0 Å². The highest BCUT2D eigenvalue weighted by atomic mass is 32.1. The normalized spacial score (nSPS) is 11.9. The van der Waals surface area contributed by atoms with E-state index in [2.05, 4.69) is 14.7 Å². The number of aromatic nitrogens is 2. The van der Waals surface area contributed by atoms with Crippen molar-refractivity contribution in [3.8, 4) is 0 Å². The third-order valence-corrected chi connectivity index (χ3v) is 1.39. The highest BCUT2D eigenvalue weighted by Crippen LogP contribution is 1.97. The maximum atomic E-state index is 8.23. The van der Waals surface area contributed by atoms with Crippen LogP contribution in [0, 0.1) is 0 Å². The summed E-state index contributed by atoms with van der Waals surface area (Å²) in [6, 6.07) is 0. The fourth-order valence-corrected chi connectivity index (χ4v) is 0.873. The first-order valence-corrected chi connectivity index (χ1v) is 3.14. The van der Waals surface area contributed by atoms with Crippen molar-refractivity contribution in [2.75, 3.05) is 0 Å². The second kappa shape index (κ2) is 2.54. The van der Waals surface area contributed by atoms with Gasteiger partial charge in [0.2, 0.25) is 0 Å². The minimum atomic E-state index is 0.490. The molecule has 0 saturated heterocycles. The van der Waals surface area contributed by atoms with Crippen LogP contribution in [0.4, 0.5) is 0 Å². The van der Waals surface area contributed by atoms with Crippen molar-refractivity contribution in [1.82, 2.24) is 9.59 Å². The molecule has 0 aromatic carbocycles. The first-order valence-electron chi connectivity index (χ1n) is 2.30. The van der Waals surface area contributed by atoms with Gasteiger partial charge in [-0.25, -0.2) is 0 Å². The summed E-state index contributed by atoms with van der Waals surface area (Å²) in [6.07, 6.45) is 0. The Bertz CT molecular complexity index is 206. The van der Waals surface area contributed by atoms with Gasteiger partial charge in [-0.15, -0.1) is 5.10 Å². The van der Waals surface area contributed by atoms with Crippen LogP contribution in [0.3, 0.4) is 0 Å². The van der Waals surface area contributed by atoms with E-state index in [9.17, 15) is 0 Å². The van der Waals surface area contributed by atoms with Crippen molar-refractivity contribution in [2.45, 2.75) is 6.92 Å². The predicted octanol–water partition coefficient (Wildman–Crippen LogP) is 0.736. The lowest BCUT2D eigenvalue weighted by atomic mass is 10.3. The molecule has 1 rings (SSSR count). The van der Waals surface area contributed by atoms with Crippen molar-refractivity contribution >= 4 is 17.2 Å². The molecule has 9 heavy (non-hydrogen) atoms. The van der Waals surface area contributed by atoms with Crippen LogP contribution < -0.4 is 0 Å². The topological polar surface area (TPSA) is 58.4 Å². The average Bonchev–Trinajstić information content (AvgIpc) is 2.37. The Morgan fingerprint density at radius 3 is 3.11 bits per heavy atom. The fourth-order valence-electron chi connectivity index (χ4n) is 0.373. The zero-order valence-electron chi connectivity index (χ0n) is 4.77. The molecule has 1 aromatic rings. The molecule has 1 aromatic heterocycles. The van der Waals surface area contributed by atoms with E-state index in [4.69, 9.17) is 5.21 Å². The Balaban J connectivity index is 2.90. The molecule has 0 bridgehead atoms. The molecule has 1 heterocycles. The second-order valence-corrected chi connectivity index (χ2v) is 2.09. The standard InChI is InChI=1S/C4H5N3OS/c1-3(6-8)4-2-9-7-5-4/h2,8H,1H3. The third-order valence-electron chi connectivity index (χ3n) is 0.881. The van der Waals surface area contributed by atoms with Gasteiger partial charge in [0, 0.05) is 5.38 Å². The number of hydrogen-bond donors (Lipinski definition) is 1. The number of nitrogens with zero attached hydrogens (tertiary/aromatic N) is 3. The average molecular weight is 143 g/mol. The Hall–Kier alpha value is -0.970. The first-order chi connectivity index (χ1) is 4.34. The minimum Gasteiger partial charge on any atom is -0.411 e. The molecular weight excluding hydrogens is 138 g/mol. The molecule has 5 heteroatoms. The monoisotopic (exact) mass is 143 g/mol. The Kier molecular flexibility index (Phi) is 1.74. The minimum absolute atomic E-state index is 0.490. The van der Waals surface area contributed by atoms with E-state index in [-0.39, 0.29) is 0 Å². The molecule has 0 aliphatic carbocycles. The summed E-state index contributed by atoms with van der Waals surface area (Å²) in [5, 5.41) is 16.6. The van der Waals surface area contributed by atoms with Gasteiger partial charge in [-0.3, -0.25) is 0 Å². The lowest BCUT2D eigenvalue weighted by molar-refractivity contribution is 0.319. The first kappa shape index (κ1) is 6.15. The van der Waals surface area contributed by atoms with E-state index in [1.165, 1.54) is 11.5 Å². The van der Waals surface area contributed by atoms with Crippen LogP contribution in [-0.4, -0.2) is 20.5 Å². The maximum Gasteiger partial charge on any atom is 0.123 e. The molecule has 0 aliphatic rings. The molecule has 0 fully saturated rings. The van der Waals surface area contributed by atoms with E-state index in [1.807, 2.05) is 0 Å². The van der Waals surface area contributed by atoms with E-state index in [0.29, 0.717) is 11.4 Å². The highest BCUT2D eigenvalue weighted by Gasteiger charge is 1.98. The molecule has 48 valence electrons. The van der Waals surface area contributed by atoms with E-state index in [0.717, 1.165) is 0 Å². The zero-order valence-corrected chi connectivity index (χ0v) is 5.59. The third kappa shape index (κ3) is 1.23. The largest absolute Gasteiger partial charge is 0.411 e. The highest BCUT2D eigenvalue weighted by molar-refractivity contribution is 7.03. The molecular formula is C4H5N3OS. The lowest BCUT2D eigenvalue weighted by Crippen LogP contribution is -1.93. The van der Waals surface area contributed by atoms with Crippen LogP contribution in [0.15, 0.2) is 10.5 Å². The maximum absolute atomic E-state index is 8.23. The molecule has 0 aliphatic heterocycles. The van der Waals surface area contributed by atoms with E-state index < -0.39 is 0 Å². The number of hydrogen-bond acceptors (Lipinski definition) is 5. The van der Waals surface area contributed by atoms with Crippen molar-refractivity contribution in [2.24, 2.45) is 5.16 Å². The van der Waals surface area contributed by atoms with Gasteiger partial charge in [0.05, 0.1) is 0 Å². The van der Waals surface area contributed by atoms with Gasteiger partial charge < -0.3 is 5.21 Å². The zero-order chi connectivity index (χ0) is 6.69. The summed E-state index contributed by atoms with van der Waals surface area (Å²) in [7, 11) is 0. The van der Waals surface area contributed by atoms with E-state index in [1.54, 1.807) is 12.3 Å². The Labute approximate surface area is 56.0 Å². The van der Waals surface area contributed by atoms with Crippen LogP contribution >= 0.6 is 11.5 Å².